The van der Waals surface area contributed by atoms with Crippen LogP contribution in [0.5, 0.6) is 0 Å². The van der Waals surface area contributed by atoms with Gasteiger partial charge in [0.05, 0.1) is 4.90 Å². The molecule has 0 atom stereocenters. The summed E-state index contributed by atoms with van der Waals surface area (Å²) in [4.78, 5) is 25.0. The lowest BCUT2D eigenvalue weighted by Crippen LogP contribution is -2.50. The minimum absolute atomic E-state index is 0.0641. The van der Waals surface area contributed by atoms with E-state index in [-0.39, 0.29) is 17.0 Å². The molecule has 2 N–H and O–H groups in total. The third kappa shape index (κ3) is 4.72. The Morgan fingerprint density at radius 1 is 1.07 bits per heavy atom. The summed E-state index contributed by atoms with van der Waals surface area (Å²) < 4.78 is 27.5. The zero-order valence-corrected chi connectivity index (χ0v) is 16.2. The molecule has 7 nitrogen and oxygen atoms in total. The maximum atomic E-state index is 12.6. The van der Waals surface area contributed by atoms with E-state index in [1.807, 2.05) is 18.2 Å². The molecule has 2 aromatic rings. The first-order chi connectivity index (χ1) is 12.6. The maximum Gasteiger partial charge on any atom is 0.329 e. The molecule has 0 aromatic heterocycles. The smallest absolute Gasteiger partial charge is 0.329 e. The fourth-order valence-corrected chi connectivity index (χ4v) is 3.31. The van der Waals surface area contributed by atoms with Gasteiger partial charge in [-0.3, -0.25) is 4.79 Å². The first-order valence-corrected chi connectivity index (χ1v) is 9.69. The molecule has 1 amide bonds. The maximum absolute atomic E-state index is 12.6. The molecule has 0 aliphatic rings. The molecule has 0 bridgehead atoms. The Bertz CT molecular complexity index is 940. The normalized spacial score (nSPS) is 11.8. The third-order valence-corrected chi connectivity index (χ3v) is 5.77. The number of aliphatic carboxylic acids is 1. The van der Waals surface area contributed by atoms with Crippen molar-refractivity contribution in [3.05, 3.63) is 65.7 Å². The number of likely N-dealkylation sites (N-methyl/N-ethyl adjacent to an activating group) is 1. The van der Waals surface area contributed by atoms with Gasteiger partial charge in [-0.2, -0.15) is 0 Å². The van der Waals surface area contributed by atoms with Crippen molar-refractivity contribution in [3.8, 4) is 0 Å². The van der Waals surface area contributed by atoms with Crippen molar-refractivity contribution in [3.63, 3.8) is 0 Å². The molecule has 0 unspecified atom stereocenters. The van der Waals surface area contributed by atoms with Crippen LogP contribution in [0.1, 0.15) is 29.8 Å². The topological polar surface area (TPSA) is 104 Å². The number of amides is 1. The van der Waals surface area contributed by atoms with Gasteiger partial charge in [0.15, 0.2) is 0 Å². The molecule has 0 heterocycles. The van der Waals surface area contributed by atoms with Gasteiger partial charge in [-0.05, 0) is 37.6 Å². The number of rotatable bonds is 7. The van der Waals surface area contributed by atoms with Crippen molar-refractivity contribution in [1.29, 1.82) is 0 Å². The van der Waals surface area contributed by atoms with Crippen molar-refractivity contribution in [2.45, 2.75) is 30.8 Å². The Morgan fingerprint density at radius 3 is 2.30 bits per heavy atom. The van der Waals surface area contributed by atoms with E-state index < -0.39 is 27.4 Å². The first kappa shape index (κ1) is 20.6. The van der Waals surface area contributed by atoms with Crippen LogP contribution in [-0.2, 0) is 21.4 Å². The molecule has 2 rings (SSSR count). The highest BCUT2D eigenvalue weighted by Gasteiger charge is 2.35. The molecule has 27 heavy (non-hydrogen) atoms. The summed E-state index contributed by atoms with van der Waals surface area (Å²) in [6, 6.07) is 14.6. The zero-order valence-electron chi connectivity index (χ0n) is 15.3. The Kier molecular flexibility index (Phi) is 6.02. The van der Waals surface area contributed by atoms with E-state index in [1.165, 1.54) is 45.2 Å². The van der Waals surface area contributed by atoms with Crippen LogP contribution in [0.15, 0.2) is 59.5 Å². The molecular weight excluding hydrogens is 368 g/mol. The number of carbonyl (C=O) groups is 2. The van der Waals surface area contributed by atoms with Crippen molar-refractivity contribution in [2.24, 2.45) is 0 Å². The largest absolute Gasteiger partial charge is 0.480 e. The number of carboxylic acids is 1. The van der Waals surface area contributed by atoms with E-state index >= 15 is 0 Å². The summed E-state index contributed by atoms with van der Waals surface area (Å²) in [5.41, 5.74) is -0.539. The van der Waals surface area contributed by atoms with E-state index in [0.717, 1.165) is 10.5 Å². The van der Waals surface area contributed by atoms with Gasteiger partial charge >= 0.3 is 5.97 Å². The van der Waals surface area contributed by atoms with Crippen molar-refractivity contribution >= 4 is 21.9 Å². The van der Waals surface area contributed by atoms with E-state index in [9.17, 15) is 23.1 Å². The molecule has 0 aliphatic carbocycles. The van der Waals surface area contributed by atoms with Crippen LogP contribution < -0.4 is 4.72 Å². The number of nitrogens with one attached hydrogen (secondary N) is 1. The van der Waals surface area contributed by atoms with Crippen molar-refractivity contribution in [2.75, 3.05) is 7.05 Å². The zero-order chi connectivity index (χ0) is 20.2. The van der Waals surface area contributed by atoms with Crippen LogP contribution in [-0.4, -0.2) is 42.9 Å². The number of sulfonamides is 1. The molecule has 0 saturated carbocycles. The predicted molar refractivity (Wildman–Crippen MR) is 101 cm³/mol. The second-order valence-corrected chi connectivity index (χ2v) is 8.33. The lowest BCUT2D eigenvalue weighted by Gasteiger charge is -2.31. The molecule has 2 aromatic carbocycles. The number of hydrogen-bond donors (Lipinski definition) is 2. The van der Waals surface area contributed by atoms with Gasteiger partial charge in [-0.1, -0.05) is 36.4 Å². The standard InChI is InChI=1S/C19H22N2O5S/c1-19(2,18(23)24)21(3)17(22)15-10-7-11-16(12-15)27(25,26)20-13-14-8-5-4-6-9-14/h4-12,20H,13H2,1-3H3,(H,23,24). The molecule has 0 fully saturated rings. The van der Waals surface area contributed by atoms with Gasteiger partial charge < -0.3 is 10.0 Å². The van der Waals surface area contributed by atoms with Gasteiger partial charge in [-0.25, -0.2) is 17.9 Å². The van der Waals surface area contributed by atoms with Crippen molar-refractivity contribution in [1.82, 2.24) is 9.62 Å². The summed E-state index contributed by atoms with van der Waals surface area (Å²) in [7, 11) is -2.46. The second-order valence-electron chi connectivity index (χ2n) is 6.57. The van der Waals surface area contributed by atoms with Crippen molar-refractivity contribution < 1.29 is 23.1 Å². The van der Waals surface area contributed by atoms with Crippen LogP contribution in [0.2, 0.25) is 0 Å². The summed E-state index contributed by atoms with van der Waals surface area (Å²) >= 11 is 0. The summed E-state index contributed by atoms with van der Waals surface area (Å²) in [5.74, 6) is -1.74. The fraction of sp³-hybridized carbons (Fsp3) is 0.263. The summed E-state index contributed by atoms with van der Waals surface area (Å²) in [6.45, 7) is 2.91. The molecule has 8 heteroatoms. The number of carboxylic acid groups (broad SMARTS) is 1. The highest BCUT2D eigenvalue weighted by Crippen LogP contribution is 2.19. The molecule has 0 radical (unpaired) electrons. The molecule has 0 spiro atoms. The number of nitrogens with zero attached hydrogens (tertiary/aromatic N) is 1. The van der Waals surface area contributed by atoms with Crippen LogP contribution >= 0.6 is 0 Å². The Labute approximate surface area is 158 Å². The molecule has 144 valence electrons. The average Bonchev–Trinajstić information content (AvgIpc) is 2.66. The quantitative estimate of drug-likeness (QED) is 0.753. The Hall–Kier alpha value is -2.71. The average molecular weight is 390 g/mol. The minimum Gasteiger partial charge on any atom is -0.480 e. The number of carbonyl (C=O) groups excluding carboxylic acids is 1. The molecule has 0 aliphatic heterocycles. The number of hydrogen-bond acceptors (Lipinski definition) is 4. The van der Waals surface area contributed by atoms with Gasteiger partial charge in [0.25, 0.3) is 5.91 Å². The molecule has 0 saturated heterocycles. The van der Waals surface area contributed by atoms with E-state index in [4.69, 9.17) is 0 Å². The highest BCUT2D eigenvalue weighted by molar-refractivity contribution is 7.89. The van der Waals surface area contributed by atoms with Gasteiger partial charge in [0.1, 0.15) is 5.54 Å². The van der Waals surface area contributed by atoms with E-state index in [0.29, 0.717) is 0 Å². The SMILES string of the molecule is CN(C(=O)c1cccc(S(=O)(=O)NCc2ccccc2)c1)C(C)(C)C(=O)O. The van der Waals surface area contributed by atoms with Crippen LogP contribution in [0.25, 0.3) is 0 Å². The van der Waals surface area contributed by atoms with Gasteiger partial charge in [0.2, 0.25) is 10.0 Å². The van der Waals surface area contributed by atoms with Crippen LogP contribution in [0.3, 0.4) is 0 Å². The van der Waals surface area contributed by atoms with E-state index in [2.05, 4.69) is 4.72 Å². The van der Waals surface area contributed by atoms with Crippen LogP contribution in [0.4, 0.5) is 0 Å². The number of benzene rings is 2. The third-order valence-electron chi connectivity index (χ3n) is 4.37. The Balaban J connectivity index is 2.23. The van der Waals surface area contributed by atoms with E-state index in [1.54, 1.807) is 12.1 Å². The monoisotopic (exact) mass is 390 g/mol. The van der Waals surface area contributed by atoms with Gasteiger partial charge in [0, 0.05) is 19.2 Å². The Morgan fingerprint density at radius 2 is 1.70 bits per heavy atom. The summed E-state index contributed by atoms with van der Waals surface area (Å²) in [6.07, 6.45) is 0. The van der Waals surface area contributed by atoms with Gasteiger partial charge in [-0.15, -0.1) is 0 Å². The predicted octanol–water partition coefficient (Wildman–Crippen LogP) is 2.10. The highest BCUT2D eigenvalue weighted by atomic mass is 32.2. The second kappa shape index (κ2) is 7.89. The fourth-order valence-electron chi connectivity index (χ4n) is 2.24. The lowest BCUT2D eigenvalue weighted by molar-refractivity contribution is -0.147. The first-order valence-electron chi connectivity index (χ1n) is 8.21. The summed E-state index contributed by atoms with van der Waals surface area (Å²) in [5, 5.41) is 9.27. The van der Waals surface area contributed by atoms with Crippen LogP contribution in [0, 0.1) is 0 Å². The molecular formula is C19H22N2O5S. The lowest BCUT2D eigenvalue weighted by atomic mass is 10.0. The minimum atomic E-state index is -3.83.